The monoisotopic (exact) mass is 263 g/mol. The predicted octanol–water partition coefficient (Wildman–Crippen LogP) is 3.25. The molecule has 0 saturated carbocycles. The van der Waals surface area contributed by atoms with Gasteiger partial charge in [0.05, 0.1) is 0 Å². The van der Waals surface area contributed by atoms with Gasteiger partial charge in [-0.3, -0.25) is 0 Å². The van der Waals surface area contributed by atoms with Gasteiger partial charge < -0.3 is 10.4 Å². The number of hydrogen-bond acceptors (Lipinski definition) is 3. The van der Waals surface area contributed by atoms with E-state index < -0.39 is 0 Å². The van der Waals surface area contributed by atoms with Crippen molar-refractivity contribution in [2.75, 3.05) is 12.3 Å². The number of nitrogens with one attached hydrogen (secondary N) is 1. The third-order valence-corrected chi connectivity index (χ3v) is 5.77. The number of thioether (sulfide) groups is 1. The van der Waals surface area contributed by atoms with Crippen LogP contribution in [0.5, 0.6) is 5.75 Å². The molecule has 2 unspecified atom stereocenters. The highest BCUT2D eigenvalue weighted by molar-refractivity contribution is 8.00. The van der Waals surface area contributed by atoms with E-state index in [9.17, 15) is 5.11 Å². The van der Waals surface area contributed by atoms with Gasteiger partial charge in [-0.15, -0.1) is 0 Å². The predicted molar refractivity (Wildman–Crippen MR) is 77.3 cm³/mol. The average Bonchev–Trinajstić information content (AvgIpc) is 2.93. The molecule has 3 rings (SSSR count). The number of fused-ring (bicyclic) bond motifs is 1. The van der Waals surface area contributed by atoms with Crippen LogP contribution in [0.15, 0.2) is 18.2 Å². The van der Waals surface area contributed by atoms with Gasteiger partial charge in [-0.2, -0.15) is 11.8 Å². The maximum atomic E-state index is 9.50. The summed E-state index contributed by atoms with van der Waals surface area (Å²) >= 11 is 2.11. The summed E-state index contributed by atoms with van der Waals surface area (Å²) in [6.45, 7) is 3.48. The van der Waals surface area contributed by atoms with Crippen molar-refractivity contribution in [3.8, 4) is 5.75 Å². The van der Waals surface area contributed by atoms with Crippen molar-refractivity contribution in [1.29, 1.82) is 0 Å². The van der Waals surface area contributed by atoms with Gasteiger partial charge in [-0.25, -0.2) is 0 Å². The summed E-state index contributed by atoms with van der Waals surface area (Å²) in [6, 6.07) is 6.30. The van der Waals surface area contributed by atoms with Gasteiger partial charge in [-0.05, 0) is 61.6 Å². The van der Waals surface area contributed by atoms with Crippen molar-refractivity contribution in [3.63, 3.8) is 0 Å². The quantitative estimate of drug-likeness (QED) is 0.878. The minimum absolute atomic E-state index is 0.396. The van der Waals surface area contributed by atoms with Crippen molar-refractivity contribution in [2.24, 2.45) is 0 Å². The van der Waals surface area contributed by atoms with Crippen molar-refractivity contribution < 1.29 is 5.11 Å². The van der Waals surface area contributed by atoms with Crippen LogP contribution in [-0.2, 0) is 6.42 Å². The van der Waals surface area contributed by atoms with Crippen LogP contribution in [-0.4, -0.2) is 22.2 Å². The molecule has 2 N–H and O–H groups in total. The van der Waals surface area contributed by atoms with Gasteiger partial charge in [-0.1, -0.05) is 6.07 Å². The molecule has 1 saturated heterocycles. The highest BCUT2D eigenvalue weighted by Gasteiger charge is 2.31. The minimum atomic E-state index is 0.396. The molecule has 2 atom stereocenters. The third kappa shape index (κ3) is 2.39. The summed E-state index contributed by atoms with van der Waals surface area (Å²) in [5.41, 5.74) is 2.70. The largest absolute Gasteiger partial charge is 0.508 e. The van der Waals surface area contributed by atoms with E-state index >= 15 is 0 Å². The molecule has 98 valence electrons. The van der Waals surface area contributed by atoms with Gasteiger partial charge in [0.2, 0.25) is 0 Å². The maximum Gasteiger partial charge on any atom is 0.115 e. The number of phenols is 1. The Hall–Kier alpha value is -0.670. The number of benzene rings is 1. The lowest BCUT2D eigenvalue weighted by Crippen LogP contribution is -2.34. The minimum Gasteiger partial charge on any atom is -0.508 e. The Kier molecular flexibility index (Phi) is 3.29. The van der Waals surface area contributed by atoms with E-state index in [-0.39, 0.29) is 0 Å². The molecule has 2 aliphatic rings. The zero-order valence-electron chi connectivity index (χ0n) is 10.9. The van der Waals surface area contributed by atoms with Crippen LogP contribution in [0, 0.1) is 0 Å². The summed E-state index contributed by atoms with van der Waals surface area (Å²) in [5, 5.41) is 13.2. The Morgan fingerprint density at radius 2 is 2.39 bits per heavy atom. The average molecular weight is 263 g/mol. The van der Waals surface area contributed by atoms with Crippen LogP contribution in [0.2, 0.25) is 0 Å². The van der Waals surface area contributed by atoms with Crippen LogP contribution in [0.1, 0.15) is 43.4 Å². The van der Waals surface area contributed by atoms with E-state index in [1.54, 1.807) is 0 Å². The number of hydrogen-bond donors (Lipinski definition) is 2. The van der Waals surface area contributed by atoms with E-state index in [0.717, 1.165) is 13.0 Å². The molecule has 0 aromatic heterocycles. The summed E-state index contributed by atoms with van der Waals surface area (Å²) < 4.78 is 0.430. The molecule has 0 bridgehead atoms. The topological polar surface area (TPSA) is 32.3 Å². The molecular weight excluding hydrogens is 242 g/mol. The first-order chi connectivity index (χ1) is 8.66. The van der Waals surface area contributed by atoms with Crippen LogP contribution >= 0.6 is 11.8 Å². The van der Waals surface area contributed by atoms with Gasteiger partial charge in [0.15, 0.2) is 0 Å². The second-order valence-corrected chi connectivity index (χ2v) is 7.44. The second kappa shape index (κ2) is 4.78. The Labute approximate surface area is 113 Å². The van der Waals surface area contributed by atoms with Crippen LogP contribution in [0.25, 0.3) is 0 Å². The van der Waals surface area contributed by atoms with Crippen molar-refractivity contribution in [2.45, 2.75) is 43.4 Å². The zero-order chi connectivity index (χ0) is 12.6. The summed E-state index contributed by atoms with van der Waals surface area (Å²) in [5.74, 6) is 1.71. The highest BCUT2D eigenvalue weighted by atomic mass is 32.2. The molecule has 1 aromatic rings. The molecule has 1 aliphatic carbocycles. The first-order valence-corrected chi connectivity index (χ1v) is 7.84. The van der Waals surface area contributed by atoms with E-state index in [4.69, 9.17) is 0 Å². The molecule has 0 spiro atoms. The number of rotatable bonds is 3. The molecular formula is C15H21NOS. The molecule has 1 heterocycles. The Morgan fingerprint density at radius 3 is 3.17 bits per heavy atom. The Bertz CT molecular complexity index is 440. The van der Waals surface area contributed by atoms with Crippen LogP contribution in [0.3, 0.4) is 0 Å². The molecule has 2 nitrogen and oxygen atoms in total. The standard InChI is InChI=1S/C15H21NOS/c1-15(7-2-8-18-15)10-16-14-6-3-11-9-12(17)4-5-13(11)14/h4-5,9,14,16-17H,2-3,6-8,10H2,1H3. The number of aromatic hydroxyl groups is 1. The van der Waals surface area contributed by atoms with E-state index in [1.165, 1.54) is 36.1 Å². The highest BCUT2D eigenvalue weighted by Crippen LogP contribution is 2.39. The number of aryl methyl sites for hydroxylation is 1. The molecule has 3 heteroatoms. The van der Waals surface area contributed by atoms with Gasteiger partial charge in [0, 0.05) is 17.3 Å². The fraction of sp³-hybridized carbons (Fsp3) is 0.600. The Balaban J connectivity index is 1.66. The smallest absolute Gasteiger partial charge is 0.115 e. The van der Waals surface area contributed by atoms with Crippen molar-refractivity contribution >= 4 is 11.8 Å². The van der Waals surface area contributed by atoms with E-state index in [2.05, 4.69) is 30.1 Å². The molecule has 1 fully saturated rings. The molecule has 1 aromatic carbocycles. The van der Waals surface area contributed by atoms with Crippen LogP contribution < -0.4 is 5.32 Å². The second-order valence-electron chi connectivity index (χ2n) is 5.76. The lowest BCUT2D eigenvalue weighted by atomic mass is 10.0. The third-order valence-electron chi connectivity index (χ3n) is 4.23. The molecule has 18 heavy (non-hydrogen) atoms. The first-order valence-electron chi connectivity index (χ1n) is 6.85. The Morgan fingerprint density at radius 1 is 1.50 bits per heavy atom. The SMILES string of the molecule is CC1(CNC2CCc3cc(O)ccc32)CCCS1. The normalized spacial score (nSPS) is 30.6. The van der Waals surface area contributed by atoms with Gasteiger partial charge in [0.25, 0.3) is 0 Å². The number of phenolic OH excluding ortho intramolecular Hbond substituents is 1. The lowest BCUT2D eigenvalue weighted by Gasteiger charge is -2.26. The van der Waals surface area contributed by atoms with Crippen molar-refractivity contribution in [3.05, 3.63) is 29.3 Å². The van der Waals surface area contributed by atoms with Crippen LogP contribution in [0.4, 0.5) is 0 Å². The molecule has 0 radical (unpaired) electrons. The molecule has 0 amide bonds. The summed E-state index contributed by atoms with van der Waals surface area (Å²) in [6.07, 6.45) is 4.95. The van der Waals surface area contributed by atoms with Gasteiger partial charge >= 0.3 is 0 Å². The summed E-state index contributed by atoms with van der Waals surface area (Å²) in [7, 11) is 0. The maximum absolute atomic E-state index is 9.50. The van der Waals surface area contributed by atoms with E-state index in [1.807, 2.05) is 12.1 Å². The molecule has 1 aliphatic heterocycles. The first kappa shape index (κ1) is 12.4. The fourth-order valence-electron chi connectivity index (χ4n) is 3.13. The zero-order valence-corrected chi connectivity index (χ0v) is 11.7. The van der Waals surface area contributed by atoms with E-state index in [0.29, 0.717) is 16.5 Å². The van der Waals surface area contributed by atoms with Gasteiger partial charge in [0.1, 0.15) is 5.75 Å². The summed E-state index contributed by atoms with van der Waals surface area (Å²) in [4.78, 5) is 0. The lowest BCUT2D eigenvalue weighted by molar-refractivity contribution is 0.467. The fourth-order valence-corrected chi connectivity index (χ4v) is 4.39. The van der Waals surface area contributed by atoms with Crippen molar-refractivity contribution in [1.82, 2.24) is 5.32 Å².